The summed E-state index contributed by atoms with van der Waals surface area (Å²) in [5, 5.41) is 8.92. The number of rotatable bonds is 3. The molecule has 0 spiro atoms. The maximum Gasteiger partial charge on any atom is 0.420 e. The van der Waals surface area contributed by atoms with E-state index in [0.29, 0.717) is 0 Å². The van der Waals surface area contributed by atoms with Crippen LogP contribution < -0.4 is 4.74 Å². The number of aromatic nitrogens is 1. The molecule has 0 radical (unpaired) electrons. The Labute approximate surface area is 117 Å². The molecule has 0 saturated heterocycles. The molecule has 0 fully saturated rings. The lowest BCUT2D eigenvalue weighted by molar-refractivity contribution is -0.139. The Morgan fingerprint density at radius 1 is 1.29 bits per heavy atom. The van der Waals surface area contributed by atoms with Gasteiger partial charge in [0.25, 0.3) is 0 Å². The van der Waals surface area contributed by atoms with Gasteiger partial charge in [-0.3, -0.25) is 4.98 Å². The zero-order valence-corrected chi connectivity index (χ0v) is 10.8. The highest BCUT2D eigenvalue weighted by Gasteiger charge is 2.38. The summed E-state index contributed by atoms with van der Waals surface area (Å²) in [6.07, 6.45) is -2.01. The van der Waals surface area contributed by atoms with Crippen molar-refractivity contribution in [2.45, 2.75) is 13.1 Å². The van der Waals surface area contributed by atoms with E-state index in [1.165, 1.54) is 24.5 Å². The third kappa shape index (κ3) is 3.13. The third-order valence-corrected chi connectivity index (χ3v) is 2.80. The number of aromatic carboxylic acids is 1. The summed E-state index contributed by atoms with van der Waals surface area (Å²) in [6.45, 7) is 1.10. The maximum atomic E-state index is 13.2. The van der Waals surface area contributed by atoms with Crippen molar-refractivity contribution in [3.05, 3.63) is 53.3 Å². The molecule has 0 saturated carbocycles. The number of ether oxygens (including phenoxy) is 1. The van der Waals surface area contributed by atoms with E-state index >= 15 is 0 Å². The van der Waals surface area contributed by atoms with Crippen LogP contribution in [-0.2, 0) is 6.18 Å². The van der Waals surface area contributed by atoms with Crippen molar-refractivity contribution in [3.63, 3.8) is 0 Å². The SMILES string of the molecule is Cc1c(C(=O)O)ccc(Oc2cccnc2)c1C(F)(F)F. The zero-order chi connectivity index (χ0) is 15.6. The fraction of sp³-hybridized carbons (Fsp3) is 0.143. The standard InChI is InChI=1S/C14H10F3NO3/c1-8-10(13(19)20)4-5-11(12(8)14(15,16)17)21-9-3-2-6-18-7-9/h2-7H,1H3,(H,19,20). The minimum Gasteiger partial charge on any atom is -0.478 e. The van der Waals surface area contributed by atoms with E-state index < -0.39 is 34.6 Å². The molecular formula is C14H10F3NO3. The van der Waals surface area contributed by atoms with Crippen molar-refractivity contribution in [1.82, 2.24) is 4.98 Å². The van der Waals surface area contributed by atoms with Crippen LogP contribution in [0.1, 0.15) is 21.5 Å². The van der Waals surface area contributed by atoms with Gasteiger partial charge in [0.15, 0.2) is 0 Å². The Morgan fingerprint density at radius 3 is 2.52 bits per heavy atom. The van der Waals surface area contributed by atoms with Crippen molar-refractivity contribution in [3.8, 4) is 11.5 Å². The summed E-state index contributed by atoms with van der Waals surface area (Å²) in [6, 6.07) is 5.04. The van der Waals surface area contributed by atoms with E-state index in [-0.39, 0.29) is 5.75 Å². The molecule has 0 aliphatic heterocycles. The van der Waals surface area contributed by atoms with Gasteiger partial charge in [-0.05, 0) is 36.8 Å². The number of hydrogen-bond donors (Lipinski definition) is 1. The van der Waals surface area contributed by atoms with Crippen LogP contribution in [-0.4, -0.2) is 16.1 Å². The summed E-state index contributed by atoms with van der Waals surface area (Å²) in [5.41, 5.74) is -1.91. The zero-order valence-electron chi connectivity index (χ0n) is 10.8. The van der Waals surface area contributed by atoms with E-state index in [4.69, 9.17) is 9.84 Å². The Balaban J connectivity index is 2.56. The van der Waals surface area contributed by atoms with Gasteiger partial charge in [0, 0.05) is 6.20 Å². The Morgan fingerprint density at radius 2 is 2.00 bits per heavy atom. The number of carbonyl (C=O) groups is 1. The van der Waals surface area contributed by atoms with E-state index in [1.54, 1.807) is 0 Å². The van der Waals surface area contributed by atoms with Gasteiger partial charge in [-0.2, -0.15) is 13.2 Å². The summed E-state index contributed by atoms with van der Waals surface area (Å²) in [4.78, 5) is 14.7. The molecular weight excluding hydrogens is 287 g/mol. The molecule has 0 aliphatic carbocycles. The quantitative estimate of drug-likeness (QED) is 0.933. The predicted molar refractivity (Wildman–Crippen MR) is 67.5 cm³/mol. The van der Waals surface area contributed by atoms with Crippen LogP contribution in [0.25, 0.3) is 0 Å². The van der Waals surface area contributed by atoms with E-state index in [0.717, 1.165) is 19.1 Å². The third-order valence-electron chi connectivity index (χ3n) is 2.80. The normalized spacial score (nSPS) is 11.2. The molecule has 0 amide bonds. The second kappa shape index (κ2) is 5.43. The Kier molecular flexibility index (Phi) is 3.84. The fourth-order valence-electron chi connectivity index (χ4n) is 1.89. The first-order valence-corrected chi connectivity index (χ1v) is 5.82. The van der Waals surface area contributed by atoms with Crippen LogP contribution in [0.2, 0.25) is 0 Å². The van der Waals surface area contributed by atoms with Crippen molar-refractivity contribution < 1.29 is 27.8 Å². The molecule has 1 N–H and O–H groups in total. The predicted octanol–water partition coefficient (Wildman–Crippen LogP) is 3.90. The molecule has 7 heteroatoms. The average Bonchev–Trinajstić information content (AvgIpc) is 2.38. The van der Waals surface area contributed by atoms with E-state index in [1.807, 2.05) is 0 Å². The first-order chi connectivity index (χ1) is 9.80. The fourth-order valence-corrected chi connectivity index (χ4v) is 1.89. The van der Waals surface area contributed by atoms with E-state index in [2.05, 4.69) is 4.98 Å². The number of halogens is 3. The highest BCUT2D eigenvalue weighted by atomic mass is 19.4. The van der Waals surface area contributed by atoms with Gasteiger partial charge < -0.3 is 9.84 Å². The van der Waals surface area contributed by atoms with Gasteiger partial charge >= 0.3 is 12.1 Å². The van der Waals surface area contributed by atoms with Crippen molar-refractivity contribution in [1.29, 1.82) is 0 Å². The number of benzene rings is 1. The number of hydrogen-bond acceptors (Lipinski definition) is 3. The Bertz CT molecular complexity index is 669. The lowest BCUT2D eigenvalue weighted by atomic mass is 10.0. The van der Waals surface area contributed by atoms with Crippen LogP contribution in [0, 0.1) is 6.92 Å². The highest BCUT2D eigenvalue weighted by molar-refractivity contribution is 5.90. The molecule has 4 nitrogen and oxygen atoms in total. The molecule has 0 bridgehead atoms. The summed E-state index contributed by atoms with van der Waals surface area (Å²) < 4.78 is 44.7. The minimum atomic E-state index is -4.73. The van der Waals surface area contributed by atoms with Gasteiger partial charge in [0.1, 0.15) is 17.1 Å². The van der Waals surface area contributed by atoms with Crippen LogP contribution >= 0.6 is 0 Å². The van der Waals surface area contributed by atoms with Crippen LogP contribution in [0.3, 0.4) is 0 Å². The maximum absolute atomic E-state index is 13.2. The smallest absolute Gasteiger partial charge is 0.420 e. The number of pyridine rings is 1. The molecule has 1 aromatic heterocycles. The number of carboxylic acid groups (broad SMARTS) is 1. The van der Waals surface area contributed by atoms with Crippen LogP contribution in [0.5, 0.6) is 11.5 Å². The van der Waals surface area contributed by atoms with Crippen molar-refractivity contribution in [2.75, 3.05) is 0 Å². The van der Waals surface area contributed by atoms with Gasteiger partial charge in [0.05, 0.1) is 11.8 Å². The van der Waals surface area contributed by atoms with Gasteiger partial charge in [-0.25, -0.2) is 4.79 Å². The van der Waals surface area contributed by atoms with Gasteiger partial charge in [-0.1, -0.05) is 0 Å². The lowest BCUT2D eigenvalue weighted by Crippen LogP contribution is -2.13. The molecule has 0 atom stereocenters. The number of nitrogens with zero attached hydrogens (tertiary/aromatic N) is 1. The minimum absolute atomic E-state index is 0.130. The summed E-state index contributed by atoms with van der Waals surface area (Å²) in [7, 11) is 0. The first kappa shape index (κ1) is 14.8. The average molecular weight is 297 g/mol. The Hall–Kier alpha value is -2.57. The molecule has 0 unspecified atom stereocenters. The molecule has 2 aromatic rings. The molecule has 1 heterocycles. The molecule has 0 aliphatic rings. The van der Waals surface area contributed by atoms with Crippen LogP contribution in [0.4, 0.5) is 13.2 Å². The second-order valence-electron chi connectivity index (χ2n) is 4.20. The molecule has 21 heavy (non-hydrogen) atoms. The second-order valence-corrected chi connectivity index (χ2v) is 4.20. The number of carboxylic acids is 1. The van der Waals surface area contributed by atoms with Gasteiger partial charge in [-0.15, -0.1) is 0 Å². The lowest BCUT2D eigenvalue weighted by Gasteiger charge is -2.17. The monoisotopic (exact) mass is 297 g/mol. The van der Waals surface area contributed by atoms with E-state index in [9.17, 15) is 18.0 Å². The molecule has 110 valence electrons. The highest BCUT2D eigenvalue weighted by Crippen LogP contribution is 2.41. The largest absolute Gasteiger partial charge is 0.478 e. The summed E-state index contributed by atoms with van der Waals surface area (Å²) >= 11 is 0. The molecule has 2 rings (SSSR count). The van der Waals surface area contributed by atoms with Crippen molar-refractivity contribution >= 4 is 5.97 Å². The van der Waals surface area contributed by atoms with Crippen LogP contribution in [0.15, 0.2) is 36.7 Å². The summed E-state index contributed by atoms with van der Waals surface area (Å²) in [5.74, 6) is -1.76. The molecule has 1 aromatic carbocycles. The van der Waals surface area contributed by atoms with Crippen molar-refractivity contribution in [2.24, 2.45) is 0 Å². The first-order valence-electron chi connectivity index (χ1n) is 5.82. The number of alkyl halides is 3. The topological polar surface area (TPSA) is 59.4 Å². The van der Waals surface area contributed by atoms with Gasteiger partial charge in [0.2, 0.25) is 0 Å².